The van der Waals surface area contributed by atoms with Crippen molar-refractivity contribution in [1.29, 1.82) is 0 Å². The molecule has 138 valence electrons. The summed E-state index contributed by atoms with van der Waals surface area (Å²) in [5.41, 5.74) is 2.40. The third kappa shape index (κ3) is 4.78. The molecular weight excluding hydrogens is 326 g/mol. The van der Waals surface area contributed by atoms with Crippen molar-refractivity contribution < 1.29 is 14.3 Å². The molecule has 1 aliphatic carbocycles. The second-order valence-corrected chi connectivity index (χ2v) is 6.85. The molecule has 0 radical (unpaired) electrons. The second kappa shape index (κ2) is 8.75. The molecule has 3 rings (SSSR count). The van der Waals surface area contributed by atoms with E-state index in [2.05, 4.69) is 23.5 Å². The molecule has 1 unspecified atom stereocenters. The lowest BCUT2D eigenvalue weighted by Gasteiger charge is -2.18. The van der Waals surface area contributed by atoms with Crippen LogP contribution in [-0.4, -0.2) is 26.7 Å². The Morgan fingerprint density at radius 3 is 2.46 bits per heavy atom. The second-order valence-electron chi connectivity index (χ2n) is 6.85. The van der Waals surface area contributed by atoms with E-state index in [0.717, 1.165) is 23.5 Å². The van der Waals surface area contributed by atoms with Gasteiger partial charge in [0, 0.05) is 13.0 Å². The molecular formula is C22H27NO3. The summed E-state index contributed by atoms with van der Waals surface area (Å²) in [6.45, 7) is 0.673. The van der Waals surface area contributed by atoms with E-state index < -0.39 is 0 Å². The first-order valence-corrected chi connectivity index (χ1v) is 9.24. The molecule has 1 fully saturated rings. The van der Waals surface area contributed by atoms with Gasteiger partial charge in [-0.15, -0.1) is 0 Å². The van der Waals surface area contributed by atoms with Crippen molar-refractivity contribution in [3.05, 3.63) is 59.7 Å². The number of benzene rings is 2. The fourth-order valence-corrected chi connectivity index (χ4v) is 3.40. The zero-order chi connectivity index (χ0) is 18.4. The van der Waals surface area contributed by atoms with Gasteiger partial charge in [0.1, 0.15) is 0 Å². The number of amides is 1. The van der Waals surface area contributed by atoms with Crippen LogP contribution in [0.15, 0.2) is 48.5 Å². The van der Waals surface area contributed by atoms with E-state index in [1.54, 1.807) is 14.2 Å². The summed E-state index contributed by atoms with van der Waals surface area (Å²) in [5.74, 6) is 2.39. The number of ether oxygens (including phenoxy) is 2. The van der Waals surface area contributed by atoms with Gasteiger partial charge in [0.05, 0.1) is 14.2 Å². The quantitative estimate of drug-likeness (QED) is 0.743. The maximum atomic E-state index is 12.5. The molecule has 0 saturated heterocycles. The molecule has 4 heteroatoms. The van der Waals surface area contributed by atoms with Crippen molar-refractivity contribution in [3.63, 3.8) is 0 Å². The van der Waals surface area contributed by atoms with Crippen molar-refractivity contribution in [1.82, 2.24) is 5.32 Å². The van der Waals surface area contributed by atoms with Crippen LogP contribution >= 0.6 is 0 Å². The molecule has 1 saturated carbocycles. The first-order chi connectivity index (χ1) is 12.7. The summed E-state index contributed by atoms with van der Waals surface area (Å²) in [6, 6.07) is 16.2. The van der Waals surface area contributed by atoms with Crippen LogP contribution in [-0.2, 0) is 11.2 Å². The van der Waals surface area contributed by atoms with Gasteiger partial charge in [0.15, 0.2) is 11.5 Å². The summed E-state index contributed by atoms with van der Waals surface area (Å²) < 4.78 is 10.7. The molecule has 2 aromatic carbocycles. The largest absolute Gasteiger partial charge is 0.493 e. The highest BCUT2D eigenvalue weighted by molar-refractivity contribution is 5.77. The Hall–Kier alpha value is -2.49. The highest BCUT2D eigenvalue weighted by Crippen LogP contribution is 2.46. The number of nitrogens with one attached hydrogen (secondary N) is 1. The minimum absolute atomic E-state index is 0.118. The molecule has 1 aliphatic rings. The van der Waals surface area contributed by atoms with Crippen LogP contribution < -0.4 is 14.8 Å². The van der Waals surface area contributed by atoms with Crippen molar-refractivity contribution >= 4 is 5.91 Å². The van der Waals surface area contributed by atoms with Gasteiger partial charge in [-0.3, -0.25) is 4.79 Å². The topological polar surface area (TPSA) is 47.6 Å². The number of methoxy groups -OCH3 is 2. The molecule has 0 heterocycles. The van der Waals surface area contributed by atoms with Gasteiger partial charge in [0.2, 0.25) is 5.91 Å². The van der Waals surface area contributed by atoms with Crippen molar-refractivity contribution in [2.75, 3.05) is 20.8 Å². The van der Waals surface area contributed by atoms with E-state index in [4.69, 9.17) is 9.47 Å². The van der Waals surface area contributed by atoms with Crippen molar-refractivity contribution in [2.45, 2.75) is 31.6 Å². The van der Waals surface area contributed by atoms with Crippen LogP contribution in [0.2, 0.25) is 0 Å². The van der Waals surface area contributed by atoms with E-state index in [0.29, 0.717) is 18.9 Å². The average Bonchev–Trinajstić information content (AvgIpc) is 3.51. The molecule has 0 spiro atoms. The highest BCUT2D eigenvalue weighted by Gasteiger charge is 2.34. The number of hydrogen-bond acceptors (Lipinski definition) is 3. The first-order valence-electron chi connectivity index (χ1n) is 9.24. The summed E-state index contributed by atoms with van der Waals surface area (Å²) in [4.78, 5) is 12.5. The average molecular weight is 353 g/mol. The maximum Gasteiger partial charge on any atom is 0.220 e. The fraction of sp³-hybridized carbons (Fsp3) is 0.409. The lowest BCUT2D eigenvalue weighted by atomic mass is 9.90. The molecule has 26 heavy (non-hydrogen) atoms. The Morgan fingerprint density at radius 2 is 1.81 bits per heavy atom. The summed E-state index contributed by atoms with van der Waals surface area (Å²) in [5, 5.41) is 3.07. The van der Waals surface area contributed by atoms with Crippen molar-refractivity contribution in [3.8, 4) is 11.5 Å². The van der Waals surface area contributed by atoms with Crippen LogP contribution in [0.5, 0.6) is 11.5 Å². The normalized spacial score (nSPS) is 14.5. The van der Waals surface area contributed by atoms with Crippen LogP contribution in [0.3, 0.4) is 0 Å². The smallest absolute Gasteiger partial charge is 0.220 e. The molecule has 0 aromatic heterocycles. The predicted molar refractivity (Wildman–Crippen MR) is 103 cm³/mol. The number of rotatable bonds is 9. The van der Waals surface area contributed by atoms with Crippen LogP contribution in [0, 0.1) is 5.92 Å². The Labute approximate surface area is 155 Å². The molecule has 4 nitrogen and oxygen atoms in total. The minimum atomic E-state index is 0.118. The zero-order valence-electron chi connectivity index (χ0n) is 15.5. The van der Waals surface area contributed by atoms with Gasteiger partial charge in [0.25, 0.3) is 0 Å². The Balaban J connectivity index is 1.59. The van der Waals surface area contributed by atoms with Gasteiger partial charge < -0.3 is 14.8 Å². The molecule has 1 atom stereocenters. The van der Waals surface area contributed by atoms with E-state index >= 15 is 0 Å². The molecule has 2 aromatic rings. The standard InChI is InChI=1S/C22H27NO3/c1-25-20-11-10-18(14-21(20)26-2)19(17-8-9-17)15-22(24)23-13-12-16-6-4-3-5-7-16/h3-7,10-11,14,17,19H,8-9,12-13,15H2,1-2H3,(H,23,24). The number of hydrogen-bond donors (Lipinski definition) is 1. The van der Waals surface area contributed by atoms with Gasteiger partial charge >= 0.3 is 0 Å². The van der Waals surface area contributed by atoms with Crippen LogP contribution in [0.25, 0.3) is 0 Å². The van der Waals surface area contributed by atoms with Gasteiger partial charge in [-0.05, 0) is 54.4 Å². The molecule has 0 bridgehead atoms. The first kappa shape index (κ1) is 18.3. The third-order valence-corrected chi connectivity index (χ3v) is 5.01. The highest BCUT2D eigenvalue weighted by atomic mass is 16.5. The Bertz CT molecular complexity index is 725. The SMILES string of the molecule is COc1ccc(C(CC(=O)NCCc2ccccc2)C2CC2)cc1OC. The minimum Gasteiger partial charge on any atom is -0.493 e. The molecule has 1 N–H and O–H groups in total. The third-order valence-electron chi connectivity index (χ3n) is 5.01. The predicted octanol–water partition coefficient (Wildman–Crippen LogP) is 3.95. The van der Waals surface area contributed by atoms with Crippen LogP contribution in [0.1, 0.15) is 36.3 Å². The zero-order valence-corrected chi connectivity index (χ0v) is 15.5. The Morgan fingerprint density at radius 1 is 1.08 bits per heavy atom. The van der Waals surface area contributed by atoms with Gasteiger partial charge in [-0.1, -0.05) is 36.4 Å². The van der Waals surface area contributed by atoms with Crippen molar-refractivity contribution in [2.24, 2.45) is 5.92 Å². The monoisotopic (exact) mass is 353 g/mol. The van der Waals surface area contributed by atoms with E-state index in [1.807, 2.05) is 30.3 Å². The van der Waals surface area contributed by atoms with Gasteiger partial charge in [-0.25, -0.2) is 0 Å². The Kier molecular flexibility index (Phi) is 6.16. The van der Waals surface area contributed by atoms with Gasteiger partial charge in [-0.2, -0.15) is 0 Å². The number of carbonyl (C=O) groups excluding carboxylic acids is 1. The number of carbonyl (C=O) groups is 1. The van der Waals surface area contributed by atoms with Crippen LogP contribution in [0.4, 0.5) is 0 Å². The van der Waals surface area contributed by atoms with E-state index in [-0.39, 0.29) is 11.8 Å². The summed E-state index contributed by atoms with van der Waals surface area (Å²) >= 11 is 0. The lowest BCUT2D eigenvalue weighted by molar-refractivity contribution is -0.121. The maximum absolute atomic E-state index is 12.5. The molecule has 0 aliphatic heterocycles. The summed E-state index contributed by atoms with van der Waals surface area (Å²) in [7, 11) is 3.28. The molecule has 1 amide bonds. The van der Waals surface area contributed by atoms with E-state index in [1.165, 1.54) is 18.4 Å². The van der Waals surface area contributed by atoms with E-state index in [9.17, 15) is 4.79 Å². The fourth-order valence-electron chi connectivity index (χ4n) is 3.40. The summed E-state index contributed by atoms with van der Waals surface area (Å²) in [6.07, 6.45) is 3.76. The lowest BCUT2D eigenvalue weighted by Crippen LogP contribution is -2.27.